The summed E-state index contributed by atoms with van der Waals surface area (Å²) >= 11 is 0. The Morgan fingerprint density at radius 1 is 0.500 bits per heavy atom. The van der Waals surface area contributed by atoms with Gasteiger partial charge in [-0.05, 0) is 122 Å². The molecule has 2 aliphatic rings. The summed E-state index contributed by atoms with van der Waals surface area (Å²) in [7, 11) is 0. The number of unbranched alkanes of at least 4 members (excludes halogenated alkanes) is 2. The van der Waals surface area contributed by atoms with E-state index in [-0.39, 0.29) is 26.4 Å². The first-order chi connectivity index (χ1) is 29.2. The molecule has 0 aromatic heterocycles. The van der Waals surface area contributed by atoms with Crippen LogP contribution < -0.4 is 0 Å². The molecular formula is C54H86O6. The second-order valence-electron chi connectivity index (χ2n) is 19.1. The standard InChI is InChI=1S/C54H86O6/c1-7-21-43(5)53(33-15-11-16-34-53)37-19-13-23-45-25-29-47(30-26-45)41-59-49(51(55)57-39-9-3)50(52(56)58-40-10-4)60-42-48-31-27-46(28-32-48)24-14-20-38-54(44(6)22-8-2)35-17-12-18-36-54/h25-32,43-44,49-50H,7-24,33-42H2,1-6H3/t43?,44?,49-,50-/m1/s1. The van der Waals surface area contributed by atoms with Gasteiger partial charge in [-0.2, -0.15) is 0 Å². The summed E-state index contributed by atoms with van der Waals surface area (Å²) in [5, 5.41) is 0. The minimum Gasteiger partial charge on any atom is -0.464 e. The first-order valence-electron chi connectivity index (χ1n) is 24.9. The van der Waals surface area contributed by atoms with Crippen LogP contribution in [0.1, 0.15) is 205 Å². The van der Waals surface area contributed by atoms with Gasteiger partial charge in [0.2, 0.25) is 0 Å². The molecule has 0 saturated heterocycles. The highest BCUT2D eigenvalue weighted by atomic mass is 16.6. The third-order valence-corrected chi connectivity index (χ3v) is 14.6. The van der Waals surface area contributed by atoms with Crippen LogP contribution in [0.5, 0.6) is 0 Å². The quantitative estimate of drug-likeness (QED) is 0.0601. The van der Waals surface area contributed by atoms with E-state index in [9.17, 15) is 9.59 Å². The molecule has 2 aliphatic carbocycles. The molecule has 0 amide bonds. The summed E-state index contributed by atoms with van der Waals surface area (Å²) in [5.74, 6) is 0.423. The number of hydrogen-bond acceptors (Lipinski definition) is 6. The zero-order valence-corrected chi connectivity index (χ0v) is 39.2. The smallest absolute Gasteiger partial charge is 0.338 e. The summed E-state index contributed by atoms with van der Waals surface area (Å²) in [6, 6.07) is 17.0. The maximum absolute atomic E-state index is 13.5. The maximum Gasteiger partial charge on any atom is 0.338 e. The fourth-order valence-corrected chi connectivity index (χ4v) is 10.7. The van der Waals surface area contributed by atoms with E-state index in [1.54, 1.807) is 0 Å². The number of carbonyl (C=O) groups is 2. The van der Waals surface area contributed by atoms with Crippen molar-refractivity contribution in [2.45, 2.75) is 221 Å². The average molecular weight is 831 g/mol. The van der Waals surface area contributed by atoms with Crippen molar-refractivity contribution in [2.75, 3.05) is 13.2 Å². The molecule has 2 saturated carbocycles. The number of ether oxygens (including phenoxy) is 4. The first kappa shape index (κ1) is 50.0. The van der Waals surface area contributed by atoms with Crippen molar-refractivity contribution < 1.29 is 28.5 Å². The van der Waals surface area contributed by atoms with Crippen LogP contribution in [-0.2, 0) is 54.6 Å². The number of carbonyl (C=O) groups excluding carboxylic acids is 2. The third-order valence-electron chi connectivity index (χ3n) is 14.6. The van der Waals surface area contributed by atoms with Crippen molar-refractivity contribution in [1.82, 2.24) is 0 Å². The molecule has 0 N–H and O–H groups in total. The van der Waals surface area contributed by atoms with Gasteiger partial charge in [-0.25, -0.2) is 9.59 Å². The van der Waals surface area contributed by atoms with Crippen LogP contribution in [0.2, 0.25) is 0 Å². The Labute approximate surface area is 367 Å². The third kappa shape index (κ3) is 15.9. The topological polar surface area (TPSA) is 71.1 Å². The lowest BCUT2D eigenvalue weighted by Crippen LogP contribution is -2.45. The molecule has 2 fully saturated rings. The summed E-state index contributed by atoms with van der Waals surface area (Å²) in [6.07, 6.45) is 27.9. The molecule has 0 radical (unpaired) electrons. The zero-order chi connectivity index (χ0) is 43.1. The molecule has 0 heterocycles. The average Bonchev–Trinajstić information content (AvgIpc) is 3.27. The number of rotatable bonds is 29. The summed E-state index contributed by atoms with van der Waals surface area (Å²) in [4.78, 5) is 27.0. The van der Waals surface area contributed by atoms with Gasteiger partial charge in [0.25, 0.3) is 0 Å². The molecule has 4 atom stereocenters. The van der Waals surface area contributed by atoms with Crippen LogP contribution in [0.15, 0.2) is 48.5 Å². The maximum atomic E-state index is 13.5. The van der Waals surface area contributed by atoms with E-state index in [0.717, 1.165) is 35.8 Å². The Balaban J connectivity index is 1.32. The monoisotopic (exact) mass is 831 g/mol. The van der Waals surface area contributed by atoms with E-state index < -0.39 is 24.1 Å². The molecule has 0 aliphatic heterocycles. The number of aryl methyl sites for hydroxylation is 2. The molecule has 2 aromatic carbocycles. The minimum atomic E-state index is -1.26. The minimum absolute atomic E-state index is 0.151. The van der Waals surface area contributed by atoms with Crippen LogP contribution in [0.3, 0.4) is 0 Å². The van der Waals surface area contributed by atoms with Crippen molar-refractivity contribution in [1.29, 1.82) is 0 Å². The normalized spacial score (nSPS) is 18.3. The molecular weight excluding hydrogens is 745 g/mol. The van der Waals surface area contributed by atoms with Crippen LogP contribution in [0.25, 0.3) is 0 Å². The molecule has 0 bridgehead atoms. The lowest BCUT2D eigenvalue weighted by Gasteiger charge is -2.43. The van der Waals surface area contributed by atoms with Gasteiger partial charge in [-0.1, -0.05) is 167 Å². The van der Waals surface area contributed by atoms with E-state index in [0.29, 0.717) is 23.7 Å². The van der Waals surface area contributed by atoms with Crippen LogP contribution in [-0.4, -0.2) is 37.4 Å². The summed E-state index contributed by atoms with van der Waals surface area (Å²) in [5.41, 5.74) is 5.59. The van der Waals surface area contributed by atoms with E-state index in [2.05, 4.69) is 76.2 Å². The molecule has 0 spiro atoms. The Morgan fingerprint density at radius 3 is 1.18 bits per heavy atom. The molecule has 6 nitrogen and oxygen atoms in total. The Bertz CT molecular complexity index is 1340. The Hall–Kier alpha value is -2.70. The molecule has 338 valence electrons. The van der Waals surface area contributed by atoms with E-state index in [4.69, 9.17) is 18.9 Å². The second kappa shape index (κ2) is 27.4. The summed E-state index contributed by atoms with van der Waals surface area (Å²) < 4.78 is 23.6. The highest BCUT2D eigenvalue weighted by Crippen LogP contribution is 2.49. The van der Waals surface area contributed by atoms with Crippen molar-refractivity contribution in [2.24, 2.45) is 22.7 Å². The number of hydrogen-bond donors (Lipinski definition) is 0. The largest absolute Gasteiger partial charge is 0.464 e. The van der Waals surface area contributed by atoms with Crippen LogP contribution in [0, 0.1) is 22.7 Å². The van der Waals surface area contributed by atoms with Gasteiger partial charge in [0, 0.05) is 0 Å². The highest BCUT2D eigenvalue weighted by Gasteiger charge is 2.39. The predicted molar refractivity (Wildman–Crippen MR) is 247 cm³/mol. The highest BCUT2D eigenvalue weighted by molar-refractivity contribution is 5.85. The van der Waals surface area contributed by atoms with Crippen LogP contribution >= 0.6 is 0 Å². The summed E-state index contributed by atoms with van der Waals surface area (Å²) in [6.45, 7) is 14.3. The van der Waals surface area contributed by atoms with Gasteiger partial charge >= 0.3 is 11.9 Å². The number of esters is 2. The van der Waals surface area contributed by atoms with Crippen molar-refractivity contribution in [3.05, 3.63) is 70.8 Å². The lowest BCUT2D eigenvalue weighted by molar-refractivity contribution is -0.186. The zero-order valence-electron chi connectivity index (χ0n) is 39.2. The molecule has 2 aromatic rings. The van der Waals surface area contributed by atoms with Crippen molar-refractivity contribution >= 4 is 11.9 Å². The molecule has 60 heavy (non-hydrogen) atoms. The SMILES string of the molecule is CCCOC(=O)[C@H](OCc1ccc(CCCCC2(C(C)CCC)CCCCC2)cc1)[C@@H](OCc1ccc(CCCCC2(C(C)CCC)CCCCC2)cc1)C(=O)OCCC. The van der Waals surface area contributed by atoms with E-state index >= 15 is 0 Å². The fourth-order valence-electron chi connectivity index (χ4n) is 10.7. The fraction of sp³-hybridized carbons (Fsp3) is 0.741. The van der Waals surface area contributed by atoms with Gasteiger partial charge in [0.1, 0.15) is 0 Å². The Kier molecular flexibility index (Phi) is 22.8. The molecule has 6 heteroatoms. The van der Waals surface area contributed by atoms with Gasteiger partial charge in [0.15, 0.2) is 12.2 Å². The Morgan fingerprint density at radius 2 is 0.850 bits per heavy atom. The van der Waals surface area contributed by atoms with Gasteiger partial charge in [0.05, 0.1) is 26.4 Å². The van der Waals surface area contributed by atoms with Crippen molar-refractivity contribution in [3.63, 3.8) is 0 Å². The van der Waals surface area contributed by atoms with Gasteiger partial charge in [-0.3, -0.25) is 0 Å². The lowest BCUT2D eigenvalue weighted by atomic mass is 9.63. The van der Waals surface area contributed by atoms with Crippen molar-refractivity contribution in [3.8, 4) is 0 Å². The second-order valence-corrected chi connectivity index (χ2v) is 19.1. The number of benzene rings is 2. The molecule has 2 unspecified atom stereocenters. The van der Waals surface area contributed by atoms with Gasteiger partial charge in [-0.15, -0.1) is 0 Å². The first-order valence-corrected chi connectivity index (χ1v) is 24.9. The van der Waals surface area contributed by atoms with E-state index in [1.807, 2.05) is 13.8 Å². The van der Waals surface area contributed by atoms with E-state index in [1.165, 1.54) is 140 Å². The van der Waals surface area contributed by atoms with Crippen LogP contribution in [0.4, 0.5) is 0 Å². The van der Waals surface area contributed by atoms with Gasteiger partial charge < -0.3 is 18.9 Å². The molecule has 4 rings (SSSR count). The predicted octanol–water partition coefficient (Wildman–Crippen LogP) is 14.3.